The molecule has 0 unspecified atom stereocenters. The lowest BCUT2D eigenvalue weighted by Crippen LogP contribution is -2.07. The van der Waals surface area contributed by atoms with Gasteiger partial charge in [0.25, 0.3) is 0 Å². The maximum atomic E-state index is 10.3. The molecule has 0 spiro atoms. The van der Waals surface area contributed by atoms with Crippen LogP contribution < -0.4 is 4.90 Å². The van der Waals surface area contributed by atoms with Crippen molar-refractivity contribution in [2.75, 3.05) is 19.0 Å². The number of carboxylic acids is 1. The molecule has 0 bridgehead atoms. The van der Waals surface area contributed by atoms with Crippen molar-refractivity contribution in [1.82, 2.24) is 4.98 Å². The minimum absolute atomic E-state index is 0.0610. The molecule has 5 heteroatoms. The first-order valence-corrected chi connectivity index (χ1v) is 4.25. The van der Waals surface area contributed by atoms with Gasteiger partial charge in [-0.3, -0.25) is 4.79 Å². The Balaban J connectivity index is 2.70. The molecule has 66 valence electrons. The summed E-state index contributed by atoms with van der Waals surface area (Å²) in [5.41, 5.74) is 0. The lowest BCUT2D eigenvalue weighted by molar-refractivity contribution is -0.136. The summed E-state index contributed by atoms with van der Waals surface area (Å²) in [4.78, 5) is 17.0. The van der Waals surface area contributed by atoms with Crippen molar-refractivity contribution in [3.05, 3.63) is 11.1 Å². The van der Waals surface area contributed by atoms with E-state index in [0.717, 1.165) is 10.0 Å². The number of anilines is 1. The minimum Gasteiger partial charge on any atom is -0.481 e. The van der Waals surface area contributed by atoms with Gasteiger partial charge in [-0.05, 0) is 0 Å². The second kappa shape index (κ2) is 3.53. The molecule has 0 aromatic carbocycles. The van der Waals surface area contributed by atoms with Gasteiger partial charge >= 0.3 is 5.97 Å². The maximum absolute atomic E-state index is 10.3. The maximum Gasteiger partial charge on any atom is 0.308 e. The molecular formula is C7H10N2O2S. The topological polar surface area (TPSA) is 53.4 Å². The van der Waals surface area contributed by atoms with Crippen molar-refractivity contribution in [1.29, 1.82) is 0 Å². The van der Waals surface area contributed by atoms with Crippen LogP contribution in [0.25, 0.3) is 0 Å². The number of aromatic nitrogens is 1. The van der Waals surface area contributed by atoms with Gasteiger partial charge in [0.1, 0.15) is 0 Å². The predicted molar refractivity (Wildman–Crippen MR) is 47.8 cm³/mol. The third kappa shape index (κ3) is 2.20. The average Bonchev–Trinajstić information content (AvgIpc) is 2.34. The largest absolute Gasteiger partial charge is 0.481 e. The molecule has 0 fully saturated rings. The van der Waals surface area contributed by atoms with Crippen LogP contribution in [0.2, 0.25) is 0 Å². The molecule has 4 nitrogen and oxygen atoms in total. The molecule has 0 saturated carbocycles. The highest BCUT2D eigenvalue weighted by molar-refractivity contribution is 7.15. The van der Waals surface area contributed by atoms with Crippen molar-refractivity contribution >= 4 is 22.4 Å². The number of thiazole rings is 1. The second-order valence-electron chi connectivity index (χ2n) is 2.57. The number of carboxylic acid groups (broad SMARTS) is 1. The molecule has 0 saturated heterocycles. The summed E-state index contributed by atoms with van der Waals surface area (Å²) in [5.74, 6) is -0.816. The zero-order valence-corrected chi connectivity index (χ0v) is 7.76. The summed E-state index contributed by atoms with van der Waals surface area (Å²) in [5, 5.41) is 9.32. The van der Waals surface area contributed by atoms with Crippen molar-refractivity contribution in [3.63, 3.8) is 0 Å². The molecular weight excluding hydrogens is 176 g/mol. The van der Waals surface area contributed by atoms with Gasteiger partial charge in [-0.2, -0.15) is 0 Å². The Bertz CT molecular complexity index is 283. The van der Waals surface area contributed by atoms with Gasteiger partial charge in [0.05, 0.1) is 6.42 Å². The molecule has 12 heavy (non-hydrogen) atoms. The van der Waals surface area contributed by atoms with Crippen molar-refractivity contribution < 1.29 is 9.90 Å². The van der Waals surface area contributed by atoms with Gasteiger partial charge in [0, 0.05) is 25.2 Å². The molecule has 0 amide bonds. The molecule has 0 aliphatic carbocycles. The molecule has 0 radical (unpaired) electrons. The van der Waals surface area contributed by atoms with Gasteiger partial charge < -0.3 is 10.0 Å². The van der Waals surface area contributed by atoms with Gasteiger partial charge in [0.2, 0.25) is 0 Å². The van der Waals surface area contributed by atoms with E-state index in [0.29, 0.717) is 0 Å². The highest BCUT2D eigenvalue weighted by atomic mass is 32.1. The fourth-order valence-electron chi connectivity index (χ4n) is 0.735. The second-order valence-corrected chi connectivity index (χ2v) is 3.67. The molecule has 0 aliphatic heterocycles. The van der Waals surface area contributed by atoms with E-state index in [1.807, 2.05) is 19.0 Å². The minimum atomic E-state index is -0.816. The first-order valence-electron chi connectivity index (χ1n) is 3.43. The zero-order chi connectivity index (χ0) is 9.14. The van der Waals surface area contributed by atoms with Crippen LogP contribution in [0.4, 0.5) is 5.13 Å². The smallest absolute Gasteiger partial charge is 0.308 e. The molecule has 1 aromatic heterocycles. The zero-order valence-electron chi connectivity index (χ0n) is 6.94. The van der Waals surface area contributed by atoms with Gasteiger partial charge in [0.15, 0.2) is 5.13 Å². The lowest BCUT2D eigenvalue weighted by atomic mass is 10.4. The highest BCUT2D eigenvalue weighted by Gasteiger charge is 2.06. The Hall–Kier alpha value is -1.10. The van der Waals surface area contributed by atoms with E-state index in [1.54, 1.807) is 6.20 Å². The molecule has 1 heterocycles. The first kappa shape index (κ1) is 8.99. The average molecular weight is 186 g/mol. The molecule has 1 rings (SSSR count). The Morgan fingerprint density at radius 3 is 2.83 bits per heavy atom. The number of nitrogens with zero attached hydrogens (tertiary/aromatic N) is 2. The van der Waals surface area contributed by atoms with Gasteiger partial charge in [-0.1, -0.05) is 0 Å². The Morgan fingerprint density at radius 2 is 2.42 bits per heavy atom. The number of hydrogen-bond acceptors (Lipinski definition) is 4. The molecule has 0 aliphatic rings. The number of hydrogen-bond donors (Lipinski definition) is 1. The van der Waals surface area contributed by atoms with Crippen LogP contribution in [0, 0.1) is 0 Å². The fraction of sp³-hybridized carbons (Fsp3) is 0.429. The van der Waals surface area contributed by atoms with Crippen LogP contribution in [0.15, 0.2) is 6.20 Å². The summed E-state index contributed by atoms with van der Waals surface area (Å²) in [6, 6.07) is 0. The highest BCUT2D eigenvalue weighted by Crippen LogP contribution is 2.20. The van der Waals surface area contributed by atoms with Crippen molar-refractivity contribution in [2.45, 2.75) is 6.42 Å². The van der Waals surface area contributed by atoms with E-state index in [2.05, 4.69) is 4.98 Å². The van der Waals surface area contributed by atoms with Crippen LogP contribution in [-0.2, 0) is 11.2 Å². The Kier molecular flexibility index (Phi) is 2.65. The van der Waals surface area contributed by atoms with E-state index in [9.17, 15) is 4.79 Å². The van der Waals surface area contributed by atoms with E-state index in [1.165, 1.54) is 11.3 Å². The normalized spacial score (nSPS) is 9.83. The summed E-state index contributed by atoms with van der Waals surface area (Å²) in [7, 11) is 3.76. The van der Waals surface area contributed by atoms with Crippen molar-refractivity contribution in [3.8, 4) is 0 Å². The number of aliphatic carboxylic acids is 1. The van der Waals surface area contributed by atoms with Crippen LogP contribution in [0.5, 0.6) is 0 Å². The van der Waals surface area contributed by atoms with E-state index < -0.39 is 5.97 Å². The van der Waals surface area contributed by atoms with Crippen LogP contribution in [0.3, 0.4) is 0 Å². The van der Waals surface area contributed by atoms with E-state index >= 15 is 0 Å². The van der Waals surface area contributed by atoms with E-state index in [4.69, 9.17) is 5.11 Å². The third-order valence-corrected chi connectivity index (χ3v) is 2.41. The Morgan fingerprint density at radius 1 is 1.75 bits per heavy atom. The standard InChI is InChI=1S/C7H10N2O2S/c1-9(2)7-8-4-5(12-7)3-6(10)11/h4H,3H2,1-2H3,(H,10,11). The predicted octanol–water partition coefficient (Wildman–Crippen LogP) is 0.836. The van der Waals surface area contributed by atoms with Gasteiger partial charge in [-0.25, -0.2) is 4.98 Å². The fourth-order valence-corrected chi connectivity index (χ4v) is 1.56. The van der Waals surface area contributed by atoms with Crippen molar-refractivity contribution in [2.24, 2.45) is 0 Å². The number of rotatable bonds is 3. The summed E-state index contributed by atoms with van der Waals surface area (Å²) in [6.07, 6.45) is 1.67. The number of carbonyl (C=O) groups is 1. The third-order valence-electron chi connectivity index (χ3n) is 1.25. The Labute approximate surface area is 74.5 Å². The SMILES string of the molecule is CN(C)c1ncc(CC(=O)O)s1. The van der Waals surface area contributed by atoms with Crippen LogP contribution in [0.1, 0.15) is 4.88 Å². The molecule has 1 aromatic rings. The molecule has 0 atom stereocenters. The summed E-state index contributed by atoms with van der Waals surface area (Å²) in [6.45, 7) is 0. The summed E-state index contributed by atoms with van der Waals surface area (Å²) < 4.78 is 0. The van der Waals surface area contributed by atoms with Crippen LogP contribution in [-0.4, -0.2) is 30.2 Å². The lowest BCUT2D eigenvalue weighted by Gasteiger charge is -2.04. The van der Waals surface area contributed by atoms with Gasteiger partial charge in [-0.15, -0.1) is 11.3 Å². The van der Waals surface area contributed by atoms with E-state index in [-0.39, 0.29) is 6.42 Å². The first-order chi connectivity index (χ1) is 5.59. The molecule has 1 N–H and O–H groups in total. The monoisotopic (exact) mass is 186 g/mol. The quantitative estimate of drug-likeness (QED) is 0.760. The van der Waals surface area contributed by atoms with Crippen LogP contribution >= 0.6 is 11.3 Å². The summed E-state index contributed by atoms with van der Waals surface area (Å²) >= 11 is 1.40.